The van der Waals surface area contributed by atoms with Crippen molar-refractivity contribution in [3.8, 4) is 11.8 Å². The number of aliphatic hydroxyl groups is 1. The predicted octanol–water partition coefficient (Wildman–Crippen LogP) is 3.50. The Morgan fingerprint density at radius 1 is 1.40 bits per heavy atom. The summed E-state index contributed by atoms with van der Waals surface area (Å²) in [5.41, 5.74) is 2.13. The SMILES string of the molecule is O=C(Nc1cccc(C#CCCO)c1)c1csc(Br)c1. The number of benzene rings is 1. The molecule has 0 bridgehead atoms. The van der Waals surface area contributed by atoms with E-state index < -0.39 is 0 Å². The molecule has 2 N–H and O–H groups in total. The number of carbonyl (C=O) groups excluding carboxylic acids is 1. The molecule has 0 fully saturated rings. The van der Waals surface area contributed by atoms with E-state index >= 15 is 0 Å². The largest absolute Gasteiger partial charge is 0.395 e. The van der Waals surface area contributed by atoms with Crippen molar-refractivity contribution >= 4 is 38.9 Å². The summed E-state index contributed by atoms with van der Waals surface area (Å²) in [7, 11) is 0. The van der Waals surface area contributed by atoms with Crippen LogP contribution in [-0.4, -0.2) is 17.6 Å². The van der Waals surface area contributed by atoms with Gasteiger partial charge in [0, 0.05) is 23.1 Å². The van der Waals surface area contributed by atoms with Crippen molar-refractivity contribution in [3.05, 3.63) is 50.6 Å². The number of hydrogen-bond acceptors (Lipinski definition) is 3. The topological polar surface area (TPSA) is 49.3 Å². The van der Waals surface area contributed by atoms with Crippen molar-refractivity contribution in [3.63, 3.8) is 0 Å². The quantitative estimate of drug-likeness (QED) is 0.833. The molecular weight excluding hydrogens is 338 g/mol. The van der Waals surface area contributed by atoms with E-state index in [2.05, 4.69) is 33.1 Å². The van der Waals surface area contributed by atoms with E-state index in [9.17, 15) is 4.79 Å². The fourth-order valence-corrected chi connectivity index (χ4v) is 2.66. The number of amides is 1. The van der Waals surface area contributed by atoms with Gasteiger partial charge in [0.15, 0.2) is 0 Å². The molecule has 0 radical (unpaired) electrons. The van der Waals surface area contributed by atoms with Crippen LogP contribution in [0.2, 0.25) is 0 Å². The van der Waals surface area contributed by atoms with Crippen LogP contribution in [0.25, 0.3) is 0 Å². The highest BCUT2D eigenvalue weighted by molar-refractivity contribution is 9.11. The molecule has 0 saturated heterocycles. The Labute approximate surface area is 129 Å². The fraction of sp³-hybridized carbons (Fsp3) is 0.133. The van der Waals surface area contributed by atoms with E-state index in [1.807, 2.05) is 24.3 Å². The Balaban J connectivity index is 2.08. The van der Waals surface area contributed by atoms with Gasteiger partial charge >= 0.3 is 0 Å². The van der Waals surface area contributed by atoms with Crippen LogP contribution in [0.1, 0.15) is 22.3 Å². The van der Waals surface area contributed by atoms with Gasteiger partial charge in [0.05, 0.1) is 16.0 Å². The molecule has 0 aliphatic heterocycles. The third kappa shape index (κ3) is 4.20. The normalized spacial score (nSPS) is 9.70. The van der Waals surface area contributed by atoms with Crippen molar-refractivity contribution in [2.24, 2.45) is 0 Å². The molecular formula is C15H12BrNO2S. The van der Waals surface area contributed by atoms with E-state index in [-0.39, 0.29) is 12.5 Å². The number of anilines is 1. The van der Waals surface area contributed by atoms with Gasteiger partial charge in [-0.25, -0.2) is 0 Å². The minimum absolute atomic E-state index is 0.0520. The van der Waals surface area contributed by atoms with Crippen LogP contribution in [0.3, 0.4) is 0 Å². The summed E-state index contributed by atoms with van der Waals surface area (Å²) in [6, 6.07) is 9.11. The van der Waals surface area contributed by atoms with E-state index in [0.29, 0.717) is 17.7 Å². The number of nitrogens with one attached hydrogen (secondary N) is 1. The predicted molar refractivity (Wildman–Crippen MR) is 85.0 cm³/mol. The summed E-state index contributed by atoms with van der Waals surface area (Å²) < 4.78 is 0.922. The molecule has 0 unspecified atom stereocenters. The molecule has 0 saturated carbocycles. The molecule has 0 aliphatic carbocycles. The lowest BCUT2D eigenvalue weighted by molar-refractivity contribution is 0.102. The van der Waals surface area contributed by atoms with E-state index in [1.165, 1.54) is 11.3 Å². The Bertz CT molecular complexity index is 670. The third-order valence-electron chi connectivity index (χ3n) is 2.42. The highest BCUT2D eigenvalue weighted by Gasteiger charge is 2.08. The lowest BCUT2D eigenvalue weighted by Gasteiger charge is -2.03. The number of halogens is 1. The van der Waals surface area contributed by atoms with Gasteiger partial charge < -0.3 is 10.4 Å². The summed E-state index contributed by atoms with van der Waals surface area (Å²) in [6.45, 7) is 0.0520. The average molecular weight is 350 g/mol. The van der Waals surface area contributed by atoms with Crippen molar-refractivity contribution in [1.29, 1.82) is 0 Å². The maximum atomic E-state index is 12.0. The van der Waals surface area contributed by atoms with Gasteiger partial charge in [-0.1, -0.05) is 17.9 Å². The molecule has 1 amide bonds. The van der Waals surface area contributed by atoms with E-state index in [1.54, 1.807) is 11.4 Å². The lowest BCUT2D eigenvalue weighted by Crippen LogP contribution is -2.10. The molecule has 2 aromatic rings. The van der Waals surface area contributed by atoms with Gasteiger partial charge in [0.2, 0.25) is 0 Å². The van der Waals surface area contributed by atoms with Gasteiger partial charge in [-0.3, -0.25) is 4.79 Å². The van der Waals surface area contributed by atoms with Crippen LogP contribution in [0, 0.1) is 11.8 Å². The summed E-state index contributed by atoms with van der Waals surface area (Å²) in [6.07, 6.45) is 0.444. The second-order valence-corrected chi connectivity index (χ2v) is 6.24. The number of rotatable bonds is 3. The molecule has 2 rings (SSSR count). The molecule has 0 spiro atoms. The van der Waals surface area contributed by atoms with Gasteiger partial charge in [-0.05, 0) is 40.2 Å². The van der Waals surface area contributed by atoms with Crippen LogP contribution in [0.15, 0.2) is 39.5 Å². The molecule has 1 aromatic carbocycles. The zero-order chi connectivity index (χ0) is 14.4. The maximum Gasteiger partial charge on any atom is 0.256 e. The summed E-state index contributed by atoms with van der Waals surface area (Å²) in [4.78, 5) is 12.0. The molecule has 1 heterocycles. The Hall–Kier alpha value is -1.61. The second-order valence-electron chi connectivity index (χ2n) is 3.95. The fourth-order valence-electron chi connectivity index (χ4n) is 1.53. The molecule has 102 valence electrons. The highest BCUT2D eigenvalue weighted by atomic mass is 79.9. The number of aliphatic hydroxyl groups excluding tert-OH is 1. The first-order chi connectivity index (χ1) is 9.69. The minimum atomic E-state index is -0.146. The number of hydrogen-bond donors (Lipinski definition) is 2. The van der Waals surface area contributed by atoms with Gasteiger partial charge in [-0.15, -0.1) is 11.3 Å². The van der Waals surface area contributed by atoms with Gasteiger partial charge in [0.1, 0.15) is 0 Å². The lowest BCUT2D eigenvalue weighted by atomic mass is 10.2. The van der Waals surface area contributed by atoms with Crippen molar-refractivity contribution < 1.29 is 9.90 Å². The third-order valence-corrected chi connectivity index (χ3v) is 3.92. The van der Waals surface area contributed by atoms with Crippen LogP contribution in [-0.2, 0) is 0 Å². The first-order valence-corrected chi connectivity index (χ1v) is 7.61. The van der Waals surface area contributed by atoms with Crippen LogP contribution < -0.4 is 5.32 Å². The van der Waals surface area contributed by atoms with E-state index in [0.717, 1.165) is 9.35 Å². The van der Waals surface area contributed by atoms with Crippen LogP contribution in [0.5, 0.6) is 0 Å². The summed E-state index contributed by atoms with van der Waals surface area (Å²) in [5.74, 6) is 5.64. The minimum Gasteiger partial charge on any atom is -0.395 e. The Morgan fingerprint density at radius 2 is 2.25 bits per heavy atom. The maximum absolute atomic E-state index is 12.0. The monoisotopic (exact) mass is 349 g/mol. The molecule has 0 atom stereocenters. The standard InChI is InChI=1S/C15H12BrNO2S/c16-14-9-12(10-20-14)15(19)17-13-6-3-5-11(8-13)4-1-2-7-18/h3,5-6,8-10,18H,2,7H2,(H,17,19). The summed E-state index contributed by atoms with van der Waals surface area (Å²) >= 11 is 4.80. The molecule has 1 aromatic heterocycles. The van der Waals surface area contributed by atoms with Crippen LogP contribution in [0.4, 0.5) is 5.69 Å². The summed E-state index contributed by atoms with van der Waals surface area (Å²) in [5, 5.41) is 13.3. The Morgan fingerprint density at radius 3 is 2.95 bits per heavy atom. The second kappa shape index (κ2) is 7.25. The number of carbonyl (C=O) groups is 1. The highest BCUT2D eigenvalue weighted by Crippen LogP contribution is 2.21. The van der Waals surface area contributed by atoms with Crippen molar-refractivity contribution in [2.75, 3.05) is 11.9 Å². The molecule has 5 heteroatoms. The molecule has 20 heavy (non-hydrogen) atoms. The zero-order valence-electron chi connectivity index (χ0n) is 10.5. The Kier molecular flexibility index (Phi) is 5.36. The smallest absolute Gasteiger partial charge is 0.256 e. The van der Waals surface area contributed by atoms with Gasteiger partial charge in [-0.2, -0.15) is 0 Å². The van der Waals surface area contributed by atoms with E-state index in [4.69, 9.17) is 5.11 Å². The van der Waals surface area contributed by atoms with Crippen molar-refractivity contribution in [2.45, 2.75) is 6.42 Å². The first kappa shape index (κ1) is 14.8. The van der Waals surface area contributed by atoms with Crippen molar-refractivity contribution in [1.82, 2.24) is 0 Å². The van der Waals surface area contributed by atoms with Gasteiger partial charge in [0.25, 0.3) is 5.91 Å². The van der Waals surface area contributed by atoms with Crippen LogP contribution >= 0.6 is 27.3 Å². The number of thiophene rings is 1. The average Bonchev–Trinajstić information content (AvgIpc) is 2.86. The molecule has 3 nitrogen and oxygen atoms in total. The first-order valence-electron chi connectivity index (χ1n) is 5.94. The molecule has 0 aliphatic rings. The zero-order valence-corrected chi connectivity index (χ0v) is 12.9.